The second-order valence-electron chi connectivity index (χ2n) is 5.75. The second-order valence-corrected chi connectivity index (χ2v) is 5.75. The van der Waals surface area contributed by atoms with E-state index in [2.05, 4.69) is 9.97 Å². The molecular formula is C17H19N3O3. The molecule has 1 amide bonds. The van der Waals surface area contributed by atoms with Crippen LogP contribution in [0.5, 0.6) is 0 Å². The summed E-state index contributed by atoms with van der Waals surface area (Å²) in [6.07, 6.45) is 4.51. The van der Waals surface area contributed by atoms with Crippen molar-refractivity contribution in [3.63, 3.8) is 0 Å². The number of esters is 1. The van der Waals surface area contributed by atoms with Crippen LogP contribution in [0.1, 0.15) is 36.7 Å². The number of piperidine rings is 1. The van der Waals surface area contributed by atoms with Gasteiger partial charge in [0, 0.05) is 12.6 Å². The quantitative estimate of drug-likeness (QED) is 0.812. The van der Waals surface area contributed by atoms with E-state index < -0.39 is 5.97 Å². The Hall–Kier alpha value is -2.50. The van der Waals surface area contributed by atoms with Gasteiger partial charge in [-0.1, -0.05) is 12.1 Å². The van der Waals surface area contributed by atoms with E-state index >= 15 is 0 Å². The third-order valence-electron chi connectivity index (χ3n) is 4.11. The number of para-hydroxylation sites is 2. The SMILES string of the molecule is C[C@H]1CCCCN1C(=O)COC(=O)c1cnc2ccccc2n1. The van der Waals surface area contributed by atoms with Crippen LogP contribution < -0.4 is 0 Å². The summed E-state index contributed by atoms with van der Waals surface area (Å²) < 4.78 is 5.11. The van der Waals surface area contributed by atoms with Gasteiger partial charge in [-0.15, -0.1) is 0 Å². The number of carbonyl (C=O) groups is 2. The fourth-order valence-corrected chi connectivity index (χ4v) is 2.81. The highest BCUT2D eigenvalue weighted by atomic mass is 16.5. The third-order valence-corrected chi connectivity index (χ3v) is 4.11. The molecule has 6 heteroatoms. The Morgan fingerprint density at radius 1 is 1.26 bits per heavy atom. The highest BCUT2D eigenvalue weighted by Crippen LogP contribution is 2.16. The average molecular weight is 313 g/mol. The lowest BCUT2D eigenvalue weighted by Gasteiger charge is -2.33. The molecule has 0 radical (unpaired) electrons. The van der Waals surface area contributed by atoms with Crippen molar-refractivity contribution in [2.45, 2.75) is 32.2 Å². The highest BCUT2D eigenvalue weighted by molar-refractivity contribution is 5.91. The Morgan fingerprint density at radius 2 is 2.04 bits per heavy atom. The summed E-state index contributed by atoms with van der Waals surface area (Å²) in [4.78, 5) is 34.4. The molecule has 2 aromatic rings. The zero-order valence-electron chi connectivity index (χ0n) is 13.1. The first-order valence-electron chi connectivity index (χ1n) is 7.83. The number of fused-ring (bicyclic) bond motifs is 1. The summed E-state index contributed by atoms with van der Waals surface area (Å²) >= 11 is 0. The summed E-state index contributed by atoms with van der Waals surface area (Å²) in [5, 5.41) is 0. The predicted octanol–water partition coefficient (Wildman–Crippen LogP) is 2.19. The molecule has 6 nitrogen and oxygen atoms in total. The molecule has 1 aromatic carbocycles. The van der Waals surface area contributed by atoms with Crippen LogP contribution in [0.25, 0.3) is 11.0 Å². The molecule has 0 saturated carbocycles. The molecule has 0 N–H and O–H groups in total. The van der Waals surface area contributed by atoms with Crippen molar-refractivity contribution in [1.82, 2.24) is 14.9 Å². The van der Waals surface area contributed by atoms with Gasteiger partial charge in [-0.2, -0.15) is 0 Å². The van der Waals surface area contributed by atoms with Gasteiger partial charge in [0.05, 0.1) is 17.2 Å². The first kappa shape index (κ1) is 15.4. The van der Waals surface area contributed by atoms with E-state index in [0.29, 0.717) is 11.0 Å². The van der Waals surface area contributed by atoms with Gasteiger partial charge in [-0.25, -0.2) is 9.78 Å². The van der Waals surface area contributed by atoms with Crippen molar-refractivity contribution in [3.05, 3.63) is 36.2 Å². The summed E-state index contributed by atoms with van der Waals surface area (Å²) in [5.74, 6) is -0.777. The Balaban J connectivity index is 1.62. The standard InChI is InChI=1S/C17H19N3O3/c1-12-6-4-5-9-20(12)16(21)11-23-17(22)15-10-18-13-7-2-3-8-14(13)19-15/h2-3,7-8,10,12H,4-6,9,11H2,1H3/t12-/m0/s1. The van der Waals surface area contributed by atoms with Crippen LogP contribution in [0.2, 0.25) is 0 Å². The van der Waals surface area contributed by atoms with Crippen molar-refractivity contribution in [2.75, 3.05) is 13.2 Å². The van der Waals surface area contributed by atoms with Crippen LogP contribution in [-0.4, -0.2) is 45.9 Å². The van der Waals surface area contributed by atoms with Crippen molar-refractivity contribution in [1.29, 1.82) is 0 Å². The lowest BCUT2D eigenvalue weighted by molar-refractivity contribution is -0.137. The molecule has 1 atom stereocenters. The monoisotopic (exact) mass is 313 g/mol. The summed E-state index contributed by atoms with van der Waals surface area (Å²) in [7, 11) is 0. The topological polar surface area (TPSA) is 72.4 Å². The molecule has 1 aromatic heterocycles. The fourth-order valence-electron chi connectivity index (χ4n) is 2.81. The molecule has 0 bridgehead atoms. The molecule has 1 saturated heterocycles. The molecule has 120 valence electrons. The molecule has 1 aliphatic rings. The van der Waals surface area contributed by atoms with Crippen LogP contribution in [-0.2, 0) is 9.53 Å². The van der Waals surface area contributed by atoms with E-state index in [1.54, 1.807) is 11.0 Å². The van der Waals surface area contributed by atoms with Gasteiger partial charge in [0.15, 0.2) is 12.3 Å². The Bertz CT molecular complexity index is 732. The average Bonchev–Trinajstić information content (AvgIpc) is 2.59. The highest BCUT2D eigenvalue weighted by Gasteiger charge is 2.24. The maximum atomic E-state index is 12.2. The molecule has 2 heterocycles. The third kappa shape index (κ3) is 3.47. The molecule has 1 fully saturated rings. The van der Waals surface area contributed by atoms with E-state index in [0.717, 1.165) is 25.8 Å². The predicted molar refractivity (Wildman–Crippen MR) is 84.8 cm³/mol. The minimum atomic E-state index is -0.624. The van der Waals surface area contributed by atoms with Crippen molar-refractivity contribution >= 4 is 22.9 Å². The van der Waals surface area contributed by atoms with E-state index in [1.165, 1.54) is 6.20 Å². The molecule has 1 aliphatic heterocycles. The van der Waals surface area contributed by atoms with Crippen LogP contribution in [0.15, 0.2) is 30.5 Å². The Kier molecular flexibility index (Phi) is 4.50. The lowest BCUT2D eigenvalue weighted by atomic mass is 10.0. The number of nitrogens with zero attached hydrogens (tertiary/aromatic N) is 3. The molecule has 23 heavy (non-hydrogen) atoms. The van der Waals surface area contributed by atoms with Gasteiger partial charge in [-0.3, -0.25) is 9.78 Å². The molecule has 0 unspecified atom stereocenters. The summed E-state index contributed by atoms with van der Waals surface area (Å²) in [6.45, 7) is 2.50. The summed E-state index contributed by atoms with van der Waals surface area (Å²) in [6, 6.07) is 7.48. The smallest absolute Gasteiger partial charge is 0.359 e. The van der Waals surface area contributed by atoms with E-state index in [9.17, 15) is 9.59 Å². The van der Waals surface area contributed by atoms with Gasteiger partial charge < -0.3 is 9.64 Å². The van der Waals surface area contributed by atoms with Gasteiger partial charge >= 0.3 is 5.97 Å². The van der Waals surface area contributed by atoms with Crippen LogP contribution in [0.4, 0.5) is 0 Å². The molecule has 3 rings (SSSR count). The van der Waals surface area contributed by atoms with Crippen LogP contribution in [0, 0.1) is 0 Å². The maximum Gasteiger partial charge on any atom is 0.359 e. The van der Waals surface area contributed by atoms with Gasteiger partial charge in [-0.05, 0) is 38.3 Å². The van der Waals surface area contributed by atoms with E-state index in [4.69, 9.17) is 4.74 Å². The molecule has 0 spiro atoms. The minimum absolute atomic E-state index is 0.114. The number of ether oxygens (including phenoxy) is 1. The second kappa shape index (κ2) is 6.73. The number of amides is 1. The summed E-state index contributed by atoms with van der Waals surface area (Å²) in [5.41, 5.74) is 1.45. The number of likely N-dealkylation sites (tertiary alicyclic amines) is 1. The lowest BCUT2D eigenvalue weighted by Crippen LogP contribution is -2.44. The Labute approximate surface area is 134 Å². The largest absolute Gasteiger partial charge is 0.451 e. The number of benzene rings is 1. The molecular weight excluding hydrogens is 294 g/mol. The minimum Gasteiger partial charge on any atom is -0.451 e. The van der Waals surface area contributed by atoms with Crippen molar-refractivity contribution in [2.24, 2.45) is 0 Å². The maximum absolute atomic E-state index is 12.2. The van der Waals surface area contributed by atoms with Gasteiger partial charge in [0.1, 0.15) is 0 Å². The zero-order valence-corrected chi connectivity index (χ0v) is 13.1. The number of hydrogen-bond acceptors (Lipinski definition) is 5. The number of hydrogen-bond donors (Lipinski definition) is 0. The van der Waals surface area contributed by atoms with Crippen LogP contribution in [0.3, 0.4) is 0 Å². The number of carbonyl (C=O) groups excluding carboxylic acids is 2. The molecule has 0 aliphatic carbocycles. The van der Waals surface area contributed by atoms with Gasteiger partial charge in [0.25, 0.3) is 5.91 Å². The van der Waals surface area contributed by atoms with Gasteiger partial charge in [0.2, 0.25) is 0 Å². The van der Waals surface area contributed by atoms with E-state index in [1.807, 2.05) is 25.1 Å². The number of aromatic nitrogens is 2. The normalized spacial score (nSPS) is 18.0. The first-order chi connectivity index (χ1) is 11.1. The first-order valence-corrected chi connectivity index (χ1v) is 7.83. The van der Waals surface area contributed by atoms with E-state index in [-0.39, 0.29) is 24.2 Å². The number of rotatable bonds is 3. The Morgan fingerprint density at radius 3 is 2.83 bits per heavy atom. The zero-order chi connectivity index (χ0) is 16.2. The van der Waals surface area contributed by atoms with Crippen molar-refractivity contribution < 1.29 is 14.3 Å². The van der Waals surface area contributed by atoms with Crippen LogP contribution >= 0.6 is 0 Å². The fraction of sp³-hybridized carbons (Fsp3) is 0.412. The van der Waals surface area contributed by atoms with Crippen molar-refractivity contribution in [3.8, 4) is 0 Å².